The van der Waals surface area contributed by atoms with E-state index in [9.17, 15) is 13.2 Å². The summed E-state index contributed by atoms with van der Waals surface area (Å²) in [7, 11) is -2.28. The van der Waals surface area contributed by atoms with E-state index in [4.69, 9.17) is 9.88 Å². The molecule has 1 amide bonds. The normalized spacial score (nSPS) is 16.9. The molecule has 0 unspecified atom stereocenters. The number of carbonyl (C=O) groups excluding carboxylic acids is 1. The van der Waals surface area contributed by atoms with Gasteiger partial charge in [0, 0.05) is 12.1 Å². The van der Waals surface area contributed by atoms with Crippen molar-refractivity contribution in [3.05, 3.63) is 58.7 Å². The summed E-state index contributed by atoms with van der Waals surface area (Å²) < 4.78 is 28.9. The largest absolute Gasteiger partial charge is 0.497 e. The molecule has 1 atom stereocenters. The second-order valence-corrected chi connectivity index (χ2v) is 8.07. The minimum atomic E-state index is -3.89. The standard InChI is InChI=1S/C19H22N2O4S/c1-12-9-15(11-18(13(12)2)26(20,23)24)19(22)21-8-7-17(21)14-5-4-6-16(10-14)25-3/h4-6,9-11,17H,7-8H2,1-3H3,(H2,20,23,24)/t17-/m1/s1. The highest BCUT2D eigenvalue weighted by atomic mass is 32.2. The Balaban J connectivity index is 1.93. The second kappa shape index (κ2) is 6.74. The first kappa shape index (κ1) is 18.4. The number of methoxy groups -OCH3 is 1. The Morgan fingerprint density at radius 3 is 2.54 bits per heavy atom. The summed E-state index contributed by atoms with van der Waals surface area (Å²) in [5.41, 5.74) is 2.62. The summed E-state index contributed by atoms with van der Waals surface area (Å²) >= 11 is 0. The van der Waals surface area contributed by atoms with Crippen LogP contribution in [-0.2, 0) is 10.0 Å². The zero-order valence-electron chi connectivity index (χ0n) is 15.0. The van der Waals surface area contributed by atoms with Crippen molar-refractivity contribution in [1.29, 1.82) is 0 Å². The molecule has 0 spiro atoms. The van der Waals surface area contributed by atoms with Crippen molar-refractivity contribution in [2.45, 2.75) is 31.2 Å². The van der Waals surface area contributed by atoms with Crippen LogP contribution < -0.4 is 9.88 Å². The second-order valence-electron chi connectivity index (χ2n) is 6.54. The van der Waals surface area contributed by atoms with E-state index in [1.54, 1.807) is 31.9 Å². The molecule has 26 heavy (non-hydrogen) atoms. The van der Waals surface area contributed by atoms with E-state index >= 15 is 0 Å². The molecule has 138 valence electrons. The predicted octanol–water partition coefficient (Wildman–Crippen LogP) is 2.55. The van der Waals surface area contributed by atoms with Crippen LogP contribution in [-0.4, -0.2) is 32.9 Å². The molecule has 3 rings (SSSR count). The van der Waals surface area contributed by atoms with Gasteiger partial charge >= 0.3 is 0 Å². The van der Waals surface area contributed by atoms with E-state index in [-0.39, 0.29) is 16.8 Å². The molecule has 1 saturated heterocycles. The molecule has 1 aliphatic rings. The number of benzene rings is 2. The molecule has 0 radical (unpaired) electrons. The lowest BCUT2D eigenvalue weighted by Gasteiger charge is -2.41. The third-order valence-electron chi connectivity index (χ3n) is 4.93. The van der Waals surface area contributed by atoms with Crippen molar-refractivity contribution < 1.29 is 17.9 Å². The van der Waals surface area contributed by atoms with E-state index in [2.05, 4.69) is 0 Å². The third kappa shape index (κ3) is 3.32. The number of ether oxygens (including phenoxy) is 1. The van der Waals surface area contributed by atoms with Crippen LogP contribution in [0.15, 0.2) is 41.3 Å². The molecule has 0 aliphatic carbocycles. The summed E-state index contributed by atoms with van der Waals surface area (Å²) in [4.78, 5) is 14.7. The Hall–Kier alpha value is -2.38. The molecule has 0 aromatic heterocycles. The van der Waals surface area contributed by atoms with Crippen LogP contribution in [0.2, 0.25) is 0 Å². The van der Waals surface area contributed by atoms with Crippen LogP contribution in [0.25, 0.3) is 0 Å². The van der Waals surface area contributed by atoms with E-state index in [0.29, 0.717) is 17.7 Å². The van der Waals surface area contributed by atoms with Crippen LogP contribution in [0, 0.1) is 13.8 Å². The van der Waals surface area contributed by atoms with Crippen molar-refractivity contribution in [2.24, 2.45) is 5.14 Å². The fourth-order valence-electron chi connectivity index (χ4n) is 3.24. The van der Waals surface area contributed by atoms with E-state index < -0.39 is 10.0 Å². The molecule has 1 heterocycles. The Bertz CT molecular complexity index is 969. The van der Waals surface area contributed by atoms with Gasteiger partial charge in [0.05, 0.1) is 18.0 Å². The minimum absolute atomic E-state index is 0.000645. The number of aryl methyl sites for hydroxylation is 1. The zero-order chi connectivity index (χ0) is 19.1. The number of hydrogen-bond donors (Lipinski definition) is 1. The van der Waals surface area contributed by atoms with Gasteiger partial charge in [0.2, 0.25) is 10.0 Å². The quantitative estimate of drug-likeness (QED) is 0.890. The van der Waals surface area contributed by atoms with Crippen LogP contribution >= 0.6 is 0 Å². The van der Waals surface area contributed by atoms with Gasteiger partial charge in [-0.3, -0.25) is 4.79 Å². The monoisotopic (exact) mass is 374 g/mol. The molecular formula is C19H22N2O4S. The molecule has 2 aromatic rings. The lowest BCUT2D eigenvalue weighted by atomic mass is 9.93. The number of likely N-dealkylation sites (tertiary alicyclic amines) is 1. The summed E-state index contributed by atoms with van der Waals surface area (Å²) in [6, 6.07) is 10.7. The number of primary sulfonamides is 1. The molecular weight excluding hydrogens is 352 g/mol. The predicted molar refractivity (Wildman–Crippen MR) is 98.7 cm³/mol. The van der Waals surface area contributed by atoms with Gasteiger partial charge in [-0.15, -0.1) is 0 Å². The first-order valence-corrected chi connectivity index (χ1v) is 9.86. The van der Waals surface area contributed by atoms with E-state index in [0.717, 1.165) is 23.3 Å². The fourth-order valence-corrected chi connectivity index (χ4v) is 4.12. The summed E-state index contributed by atoms with van der Waals surface area (Å²) in [5, 5.41) is 5.30. The highest BCUT2D eigenvalue weighted by Crippen LogP contribution is 2.36. The van der Waals surface area contributed by atoms with Gasteiger partial charge in [-0.25, -0.2) is 13.6 Å². The maximum absolute atomic E-state index is 13.0. The van der Waals surface area contributed by atoms with Crippen LogP contribution in [0.1, 0.15) is 39.5 Å². The number of hydrogen-bond acceptors (Lipinski definition) is 4. The van der Waals surface area contributed by atoms with Gasteiger partial charge in [0.1, 0.15) is 5.75 Å². The highest BCUT2D eigenvalue weighted by molar-refractivity contribution is 7.89. The van der Waals surface area contributed by atoms with Crippen molar-refractivity contribution in [3.8, 4) is 5.75 Å². The number of amides is 1. The van der Waals surface area contributed by atoms with Gasteiger partial charge in [-0.2, -0.15) is 0 Å². The molecule has 0 bridgehead atoms. The average Bonchev–Trinajstić information content (AvgIpc) is 2.55. The third-order valence-corrected chi connectivity index (χ3v) is 5.97. The zero-order valence-corrected chi connectivity index (χ0v) is 15.8. The number of sulfonamides is 1. The molecule has 1 fully saturated rings. The first-order chi connectivity index (χ1) is 12.2. The van der Waals surface area contributed by atoms with Gasteiger partial charge < -0.3 is 9.64 Å². The van der Waals surface area contributed by atoms with E-state index in [1.165, 1.54) is 6.07 Å². The number of nitrogens with two attached hydrogens (primary N) is 1. The van der Waals surface area contributed by atoms with Gasteiger partial charge in [0.15, 0.2) is 0 Å². The van der Waals surface area contributed by atoms with Crippen LogP contribution in [0.4, 0.5) is 0 Å². The lowest BCUT2D eigenvalue weighted by Crippen LogP contribution is -2.45. The van der Waals surface area contributed by atoms with E-state index in [1.807, 2.05) is 24.3 Å². The number of rotatable bonds is 4. The summed E-state index contributed by atoms with van der Waals surface area (Å²) in [6.07, 6.45) is 0.853. The maximum Gasteiger partial charge on any atom is 0.254 e. The first-order valence-electron chi connectivity index (χ1n) is 8.31. The average molecular weight is 374 g/mol. The molecule has 2 aromatic carbocycles. The van der Waals surface area contributed by atoms with Crippen LogP contribution in [0.3, 0.4) is 0 Å². The Labute approximate surface area is 153 Å². The van der Waals surface area contributed by atoms with Crippen molar-refractivity contribution in [2.75, 3.05) is 13.7 Å². The number of carbonyl (C=O) groups is 1. The molecule has 1 aliphatic heterocycles. The molecule has 2 N–H and O–H groups in total. The van der Waals surface area contributed by atoms with Crippen molar-refractivity contribution in [3.63, 3.8) is 0 Å². The summed E-state index contributed by atoms with van der Waals surface area (Å²) in [5.74, 6) is 0.543. The fraction of sp³-hybridized carbons (Fsp3) is 0.316. The van der Waals surface area contributed by atoms with Crippen molar-refractivity contribution >= 4 is 15.9 Å². The Kier molecular flexibility index (Phi) is 4.77. The van der Waals surface area contributed by atoms with Gasteiger partial charge in [-0.05, 0) is 61.2 Å². The van der Waals surface area contributed by atoms with Gasteiger partial charge in [-0.1, -0.05) is 12.1 Å². The summed E-state index contributed by atoms with van der Waals surface area (Å²) in [6.45, 7) is 4.08. The van der Waals surface area contributed by atoms with Crippen molar-refractivity contribution in [1.82, 2.24) is 4.90 Å². The van der Waals surface area contributed by atoms with Crippen LogP contribution in [0.5, 0.6) is 5.75 Å². The SMILES string of the molecule is COc1cccc([C@H]2CCN2C(=O)c2cc(C)c(C)c(S(N)(=O)=O)c2)c1. The lowest BCUT2D eigenvalue weighted by molar-refractivity contribution is 0.0459. The maximum atomic E-state index is 13.0. The Morgan fingerprint density at radius 1 is 1.23 bits per heavy atom. The molecule has 6 nitrogen and oxygen atoms in total. The topological polar surface area (TPSA) is 89.7 Å². The highest BCUT2D eigenvalue weighted by Gasteiger charge is 2.34. The minimum Gasteiger partial charge on any atom is -0.497 e. The smallest absolute Gasteiger partial charge is 0.254 e. The molecule has 0 saturated carbocycles. The van der Waals surface area contributed by atoms with Gasteiger partial charge in [0.25, 0.3) is 5.91 Å². The Morgan fingerprint density at radius 2 is 1.96 bits per heavy atom. The molecule has 7 heteroatoms. The number of nitrogens with zero attached hydrogens (tertiary/aromatic N) is 1.